The summed E-state index contributed by atoms with van der Waals surface area (Å²) in [5.41, 5.74) is 0. The molecule has 0 heterocycles. The summed E-state index contributed by atoms with van der Waals surface area (Å²) in [6.07, 6.45) is 0. The van der Waals surface area contributed by atoms with Gasteiger partial charge in [-0.1, -0.05) is 0 Å². The molecule has 0 aromatic heterocycles. The minimum atomic E-state index is -6.17. The van der Waals surface area contributed by atoms with E-state index in [1.807, 2.05) is 0 Å². The van der Waals surface area contributed by atoms with Crippen molar-refractivity contribution in [2.45, 2.75) is 0 Å². The SMILES string of the molecule is N#[C][Fe-4]([C]#N)([C]#N)([C]#N)([C]#N)[C]#N.[Na+].[Na+].[Na+].[Na+]. The summed E-state index contributed by atoms with van der Waals surface area (Å²) in [6.45, 7) is 0. The van der Waals surface area contributed by atoms with Gasteiger partial charge in [0.15, 0.2) is 0 Å². The third kappa shape index (κ3) is 4.22. The van der Waals surface area contributed by atoms with E-state index in [0.717, 1.165) is 29.8 Å². The molecule has 0 bridgehead atoms. The molecule has 0 aromatic rings. The van der Waals surface area contributed by atoms with Crippen molar-refractivity contribution in [3.8, 4) is 29.8 Å². The molecule has 11 heteroatoms. The van der Waals surface area contributed by atoms with E-state index in [-0.39, 0.29) is 118 Å². The molecule has 0 aliphatic carbocycles. The molecule has 0 rings (SSSR count). The molecule has 17 heavy (non-hydrogen) atoms. The van der Waals surface area contributed by atoms with Gasteiger partial charge in [-0.2, -0.15) is 0 Å². The molecule has 0 fully saturated rings. The van der Waals surface area contributed by atoms with Gasteiger partial charge in [0.05, 0.1) is 0 Å². The number of nitriles is 6. The Morgan fingerprint density at radius 1 is 0.412 bits per heavy atom. The number of hydrogen-bond donors (Lipinski definition) is 0. The van der Waals surface area contributed by atoms with Crippen molar-refractivity contribution in [1.29, 1.82) is 31.6 Å². The van der Waals surface area contributed by atoms with E-state index in [2.05, 4.69) is 0 Å². The molecule has 6 nitrogen and oxygen atoms in total. The van der Waals surface area contributed by atoms with Crippen molar-refractivity contribution < 1.29 is 129 Å². The molecule has 0 aromatic carbocycles. The standard InChI is InChI=1S/6CN.Fe.4Na/c6*1-2;;;;;/q;;;;;;-4;4*+1. The monoisotopic (exact) mass is 304 g/mol. The molecule has 0 radical (unpaired) electrons. The van der Waals surface area contributed by atoms with E-state index in [1.54, 1.807) is 0 Å². The second-order valence-corrected chi connectivity index (χ2v) is 7.42. The van der Waals surface area contributed by atoms with Gasteiger partial charge in [0, 0.05) is 0 Å². The van der Waals surface area contributed by atoms with Gasteiger partial charge >= 0.3 is 190 Å². The first-order chi connectivity index (χ1) is 5.97. The summed E-state index contributed by atoms with van der Waals surface area (Å²) in [5, 5.41) is 51.5. The minimum Gasteiger partial charge on any atom is 1.00 e. The molecular formula is C6FeN6Na4. The molecule has 0 saturated carbocycles. The molecule has 0 saturated heterocycles. The predicted molar refractivity (Wildman–Crippen MR) is 33.7 cm³/mol. The largest absolute Gasteiger partial charge is 1.00 e. The Morgan fingerprint density at radius 2 is 0.529 bits per heavy atom. The maximum Gasteiger partial charge on any atom is 1.00 e. The maximum atomic E-state index is 8.58. The first-order valence-electron chi connectivity index (χ1n) is 2.40. The molecule has 0 aliphatic heterocycles. The average Bonchev–Trinajstić information content (AvgIpc) is 2.26. The van der Waals surface area contributed by atoms with Crippen LogP contribution in [0.15, 0.2) is 0 Å². The number of hydrogen-bond acceptors (Lipinski definition) is 6. The third-order valence-electron chi connectivity index (χ3n) is 1.19. The second-order valence-electron chi connectivity index (χ2n) is 1.80. The quantitative estimate of drug-likeness (QED) is 0.406. The molecule has 0 atom stereocenters. The number of nitrogens with zero attached hydrogens (tertiary/aromatic N) is 6. The zero-order valence-corrected chi connectivity index (χ0v) is 19.1. The fraction of sp³-hybridized carbons (Fsp3) is 0. The zero-order chi connectivity index (χ0) is 10.7. The van der Waals surface area contributed by atoms with Crippen molar-refractivity contribution >= 4 is 0 Å². The van der Waals surface area contributed by atoms with E-state index in [9.17, 15) is 0 Å². The summed E-state index contributed by atoms with van der Waals surface area (Å²) in [6, 6.07) is 0. The maximum absolute atomic E-state index is 8.58. The van der Waals surface area contributed by atoms with E-state index in [0.29, 0.717) is 0 Å². The first kappa shape index (κ1) is 31.1. The van der Waals surface area contributed by atoms with Crippen LogP contribution in [0, 0.1) is 61.4 Å². The van der Waals surface area contributed by atoms with Gasteiger partial charge in [-0.15, -0.1) is 0 Å². The summed E-state index contributed by atoms with van der Waals surface area (Å²) in [5.74, 6) is 0. The molecule has 0 spiro atoms. The van der Waals surface area contributed by atoms with Crippen molar-refractivity contribution in [1.82, 2.24) is 0 Å². The normalized spacial score (nSPS) is 10.2. The van der Waals surface area contributed by atoms with Crippen molar-refractivity contribution in [2.24, 2.45) is 0 Å². The Labute approximate surface area is 186 Å². The van der Waals surface area contributed by atoms with Gasteiger partial charge in [0.2, 0.25) is 0 Å². The average molecular weight is 304 g/mol. The zero-order valence-electron chi connectivity index (χ0n) is 10.0. The van der Waals surface area contributed by atoms with Gasteiger partial charge in [-0.3, -0.25) is 0 Å². The van der Waals surface area contributed by atoms with Crippen LogP contribution in [0.4, 0.5) is 0 Å². The molecule has 0 amide bonds. The summed E-state index contributed by atoms with van der Waals surface area (Å²) >= 11 is 0. The van der Waals surface area contributed by atoms with Crippen LogP contribution >= 0.6 is 0 Å². The van der Waals surface area contributed by atoms with Gasteiger partial charge in [-0.05, 0) is 0 Å². The van der Waals surface area contributed by atoms with E-state index >= 15 is 0 Å². The molecular weight excluding hydrogens is 304 g/mol. The van der Waals surface area contributed by atoms with Gasteiger partial charge in [0.25, 0.3) is 0 Å². The van der Waals surface area contributed by atoms with Gasteiger partial charge in [-0.25, -0.2) is 0 Å². The van der Waals surface area contributed by atoms with Crippen LogP contribution in [-0.2, 0) is 10.7 Å². The Kier molecular flexibility index (Phi) is 17.1. The van der Waals surface area contributed by atoms with Crippen LogP contribution in [0.5, 0.6) is 0 Å². The van der Waals surface area contributed by atoms with Crippen molar-refractivity contribution in [3.63, 3.8) is 0 Å². The fourth-order valence-corrected chi connectivity index (χ4v) is 1.09. The van der Waals surface area contributed by atoms with Crippen LogP contribution in [-0.4, -0.2) is 0 Å². The van der Waals surface area contributed by atoms with Gasteiger partial charge in [0.1, 0.15) is 0 Å². The molecule has 0 N–H and O–H groups in total. The fourth-order valence-electron chi connectivity index (χ4n) is 0.265. The third-order valence-corrected chi connectivity index (χ3v) is 4.89. The van der Waals surface area contributed by atoms with Crippen LogP contribution in [0.25, 0.3) is 0 Å². The van der Waals surface area contributed by atoms with Crippen molar-refractivity contribution in [2.75, 3.05) is 0 Å². The second kappa shape index (κ2) is 9.38. The van der Waals surface area contributed by atoms with Crippen molar-refractivity contribution in [3.05, 3.63) is 0 Å². The van der Waals surface area contributed by atoms with E-state index in [1.165, 1.54) is 0 Å². The molecule has 66 valence electrons. The summed E-state index contributed by atoms with van der Waals surface area (Å²) in [7, 11) is -6.17. The summed E-state index contributed by atoms with van der Waals surface area (Å²) < 4.78 is 0. The molecule has 0 aliphatic rings. The predicted octanol–water partition coefficient (Wildman–Crippen LogP) is -11.9. The number of rotatable bonds is 0. The Bertz CT molecular complexity index is 400. The molecule has 0 unspecified atom stereocenters. The topological polar surface area (TPSA) is 143 Å². The van der Waals surface area contributed by atoms with Crippen LogP contribution in [0.2, 0.25) is 0 Å². The summed E-state index contributed by atoms with van der Waals surface area (Å²) in [4.78, 5) is 6.19. The first-order valence-corrected chi connectivity index (χ1v) is 5.71. The minimum absolute atomic E-state index is 0. The smallest absolute Gasteiger partial charge is 1.00 e. The Morgan fingerprint density at radius 3 is 0.529 bits per heavy atom. The van der Waals surface area contributed by atoms with Gasteiger partial charge < -0.3 is 0 Å². The van der Waals surface area contributed by atoms with E-state index < -0.39 is 10.7 Å². The Hall–Kier alpha value is 1.46. The van der Waals surface area contributed by atoms with E-state index in [4.69, 9.17) is 31.6 Å². The van der Waals surface area contributed by atoms with Crippen LogP contribution in [0.1, 0.15) is 0 Å². The van der Waals surface area contributed by atoms with Crippen LogP contribution in [0.3, 0.4) is 0 Å². The van der Waals surface area contributed by atoms with Crippen LogP contribution < -0.4 is 118 Å². The Balaban J connectivity index is -0.000000120.